The molecule has 2 N–H and O–H groups in total. The Balaban J connectivity index is 2.36. The standard InChI is InChI=1S/C17H19NO4/c1-3-4-5-6-15(20)16-13-10-12(19)8-7-11(13)9-14(18-16)17(21)22-2/h3-8,10,14,16,18-19H,9H2,1-2H3/b4-3+,6-5+/t14?,16-/m0/s1. The van der Waals surface area contributed by atoms with Crippen LogP contribution in [-0.2, 0) is 20.7 Å². The lowest BCUT2D eigenvalue weighted by atomic mass is 9.88. The summed E-state index contributed by atoms with van der Waals surface area (Å²) in [7, 11) is 1.32. The molecule has 5 heteroatoms. The fraction of sp³-hybridized carbons (Fsp3) is 0.294. The van der Waals surface area contributed by atoms with Gasteiger partial charge in [0.05, 0.1) is 13.2 Å². The van der Waals surface area contributed by atoms with Crippen LogP contribution in [0.15, 0.2) is 42.5 Å². The summed E-state index contributed by atoms with van der Waals surface area (Å²) in [6.45, 7) is 1.86. The molecule has 0 amide bonds. The first-order valence-electron chi connectivity index (χ1n) is 7.05. The molecule has 0 spiro atoms. The van der Waals surface area contributed by atoms with Crippen LogP contribution in [0.1, 0.15) is 24.1 Å². The molecule has 0 aliphatic carbocycles. The van der Waals surface area contributed by atoms with Gasteiger partial charge in [0, 0.05) is 0 Å². The van der Waals surface area contributed by atoms with Crippen LogP contribution in [0.5, 0.6) is 5.75 Å². The van der Waals surface area contributed by atoms with E-state index in [4.69, 9.17) is 4.74 Å². The van der Waals surface area contributed by atoms with Crippen molar-refractivity contribution in [2.45, 2.75) is 25.4 Å². The fourth-order valence-corrected chi connectivity index (χ4v) is 2.49. The zero-order valence-corrected chi connectivity index (χ0v) is 12.6. The quantitative estimate of drug-likeness (QED) is 0.504. The van der Waals surface area contributed by atoms with Gasteiger partial charge in [0.15, 0.2) is 5.78 Å². The van der Waals surface area contributed by atoms with Crippen LogP contribution in [0.3, 0.4) is 0 Å². The maximum absolute atomic E-state index is 12.4. The average molecular weight is 301 g/mol. The number of ketones is 1. The van der Waals surface area contributed by atoms with Gasteiger partial charge in [0.25, 0.3) is 0 Å². The Kier molecular flexibility index (Phi) is 5.12. The van der Waals surface area contributed by atoms with Crippen LogP contribution in [-0.4, -0.2) is 30.0 Å². The molecule has 0 fully saturated rings. The molecular formula is C17H19NO4. The zero-order valence-electron chi connectivity index (χ0n) is 12.6. The molecular weight excluding hydrogens is 282 g/mol. The van der Waals surface area contributed by atoms with Gasteiger partial charge in [-0.2, -0.15) is 0 Å². The van der Waals surface area contributed by atoms with Crippen molar-refractivity contribution in [3.63, 3.8) is 0 Å². The predicted octanol–water partition coefficient (Wildman–Crippen LogP) is 1.82. The molecule has 1 heterocycles. The van der Waals surface area contributed by atoms with Crippen molar-refractivity contribution < 1.29 is 19.4 Å². The van der Waals surface area contributed by atoms with Gasteiger partial charge in [-0.3, -0.25) is 14.9 Å². The number of methoxy groups -OCH3 is 1. The number of fused-ring (bicyclic) bond motifs is 1. The topological polar surface area (TPSA) is 75.6 Å². The van der Waals surface area contributed by atoms with Gasteiger partial charge in [-0.1, -0.05) is 24.3 Å². The van der Waals surface area contributed by atoms with Crippen molar-refractivity contribution in [2.24, 2.45) is 0 Å². The minimum atomic E-state index is -0.679. The second-order valence-electron chi connectivity index (χ2n) is 5.05. The molecule has 1 aromatic rings. The van der Waals surface area contributed by atoms with Gasteiger partial charge in [0.1, 0.15) is 11.8 Å². The average Bonchev–Trinajstić information content (AvgIpc) is 2.53. The van der Waals surface area contributed by atoms with E-state index in [1.807, 2.05) is 13.0 Å². The first-order valence-corrected chi connectivity index (χ1v) is 7.05. The summed E-state index contributed by atoms with van der Waals surface area (Å²) < 4.78 is 4.76. The van der Waals surface area contributed by atoms with Crippen molar-refractivity contribution in [3.8, 4) is 5.75 Å². The summed E-state index contributed by atoms with van der Waals surface area (Å²) in [5, 5.41) is 12.7. The Hall–Kier alpha value is -2.40. The number of allylic oxidation sites excluding steroid dienone is 3. The molecule has 1 aromatic carbocycles. The maximum atomic E-state index is 12.4. The molecule has 0 radical (unpaired) electrons. The molecule has 0 aromatic heterocycles. The number of rotatable bonds is 4. The van der Waals surface area contributed by atoms with E-state index in [1.165, 1.54) is 13.2 Å². The summed E-state index contributed by atoms with van der Waals surface area (Å²) in [6.07, 6.45) is 7.08. The Labute approximate surface area is 129 Å². The number of hydrogen-bond donors (Lipinski definition) is 2. The first-order chi connectivity index (χ1) is 10.6. The van der Waals surface area contributed by atoms with Crippen LogP contribution >= 0.6 is 0 Å². The van der Waals surface area contributed by atoms with Crippen LogP contribution < -0.4 is 5.32 Å². The Morgan fingerprint density at radius 1 is 1.36 bits per heavy atom. The van der Waals surface area contributed by atoms with E-state index in [-0.39, 0.29) is 11.5 Å². The summed E-state index contributed by atoms with van der Waals surface area (Å²) >= 11 is 0. The number of esters is 1. The van der Waals surface area contributed by atoms with Crippen molar-refractivity contribution in [2.75, 3.05) is 7.11 Å². The van der Waals surface area contributed by atoms with Crippen LogP contribution in [0.2, 0.25) is 0 Å². The predicted molar refractivity (Wildman–Crippen MR) is 82.5 cm³/mol. The highest BCUT2D eigenvalue weighted by atomic mass is 16.5. The lowest BCUT2D eigenvalue weighted by Gasteiger charge is -2.30. The smallest absolute Gasteiger partial charge is 0.323 e. The van der Waals surface area contributed by atoms with Gasteiger partial charge in [-0.05, 0) is 42.7 Å². The fourth-order valence-electron chi connectivity index (χ4n) is 2.49. The van der Waals surface area contributed by atoms with Crippen molar-refractivity contribution in [1.82, 2.24) is 5.32 Å². The Morgan fingerprint density at radius 3 is 2.82 bits per heavy atom. The minimum absolute atomic E-state index is 0.0901. The normalized spacial score (nSPS) is 21.0. The van der Waals surface area contributed by atoms with Crippen LogP contribution in [0.4, 0.5) is 0 Å². The maximum Gasteiger partial charge on any atom is 0.323 e. The number of carbonyl (C=O) groups is 2. The van der Waals surface area contributed by atoms with E-state index in [1.54, 1.807) is 30.4 Å². The van der Waals surface area contributed by atoms with Gasteiger partial charge < -0.3 is 9.84 Å². The SMILES string of the molecule is C/C=C/C=C/C(=O)[C@H]1NC(C(=O)OC)Cc2ccc(O)cc21. The number of phenolic OH excluding ortho intramolecular Hbond substituents is 1. The number of phenols is 1. The highest BCUT2D eigenvalue weighted by Crippen LogP contribution is 2.29. The Morgan fingerprint density at radius 2 is 2.14 bits per heavy atom. The molecule has 0 saturated heterocycles. The number of benzene rings is 1. The molecule has 0 saturated carbocycles. The number of aromatic hydroxyl groups is 1. The van der Waals surface area contributed by atoms with E-state index in [2.05, 4.69) is 5.32 Å². The summed E-state index contributed by atoms with van der Waals surface area (Å²) in [5.41, 5.74) is 1.54. The second-order valence-corrected chi connectivity index (χ2v) is 5.05. The van der Waals surface area contributed by atoms with Gasteiger partial charge in [-0.25, -0.2) is 0 Å². The van der Waals surface area contributed by atoms with Crippen molar-refractivity contribution in [3.05, 3.63) is 53.6 Å². The third-order valence-electron chi connectivity index (χ3n) is 3.57. The molecule has 22 heavy (non-hydrogen) atoms. The zero-order chi connectivity index (χ0) is 16.1. The highest BCUT2D eigenvalue weighted by Gasteiger charge is 2.34. The Bertz CT molecular complexity index is 634. The molecule has 1 unspecified atom stereocenters. The van der Waals surface area contributed by atoms with E-state index >= 15 is 0 Å². The minimum Gasteiger partial charge on any atom is -0.508 e. The monoisotopic (exact) mass is 301 g/mol. The molecule has 116 valence electrons. The summed E-state index contributed by atoms with van der Waals surface area (Å²) in [4.78, 5) is 24.2. The third-order valence-corrected chi connectivity index (χ3v) is 3.57. The summed E-state index contributed by atoms with van der Waals surface area (Å²) in [6, 6.07) is 3.59. The highest BCUT2D eigenvalue weighted by molar-refractivity contribution is 5.96. The number of nitrogens with one attached hydrogen (secondary N) is 1. The van der Waals surface area contributed by atoms with Gasteiger partial charge in [-0.15, -0.1) is 0 Å². The van der Waals surface area contributed by atoms with Crippen LogP contribution in [0.25, 0.3) is 0 Å². The molecule has 2 rings (SSSR count). The molecule has 1 aliphatic heterocycles. The van der Waals surface area contributed by atoms with E-state index < -0.39 is 18.1 Å². The largest absolute Gasteiger partial charge is 0.508 e. The number of carbonyl (C=O) groups excluding carboxylic acids is 2. The molecule has 2 atom stereocenters. The summed E-state index contributed by atoms with van der Waals surface area (Å²) in [5.74, 6) is -0.500. The van der Waals surface area contributed by atoms with Crippen molar-refractivity contribution >= 4 is 11.8 Å². The van der Waals surface area contributed by atoms with E-state index in [0.29, 0.717) is 12.0 Å². The van der Waals surface area contributed by atoms with Gasteiger partial charge in [0.2, 0.25) is 0 Å². The van der Waals surface area contributed by atoms with E-state index in [9.17, 15) is 14.7 Å². The lowest BCUT2D eigenvalue weighted by Crippen LogP contribution is -2.47. The molecule has 0 bridgehead atoms. The number of ether oxygens (including phenoxy) is 1. The lowest BCUT2D eigenvalue weighted by molar-refractivity contribution is -0.143. The van der Waals surface area contributed by atoms with E-state index in [0.717, 1.165) is 5.56 Å². The first kappa shape index (κ1) is 16.0. The van der Waals surface area contributed by atoms with Crippen LogP contribution in [0, 0.1) is 0 Å². The molecule has 1 aliphatic rings. The second kappa shape index (κ2) is 7.04. The molecule has 5 nitrogen and oxygen atoms in total. The third kappa shape index (κ3) is 3.43. The number of hydrogen-bond acceptors (Lipinski definition) is 5. The van der Waals surface area contributed by atoms with Crippen molar-refractivity contribution in [1.29, 1.82) is 0 Å². The van der Waals surface area contributed by atoms with Gasteiger partial charge >= 0.3 is 5.97 Å².